The van der Waals surface area contributed by atoms with Gasteiger partial charge in [0, 0.05) is 18.4 Å². The van der Waals surface area contributed by atoms with Crippen LogP contribution in [0.5, 0.6) is 0 Å². The summed E-state index contributed by atoms with van der Waals surface area (Å²) in [6.45, 7) is 0.827. The summed E-state index contributed by atoms with van der Waals surface area (Å²) in [6, 6.07) is 10.3. The van der Waals surface area contributed by atoms with Crippen molar-refractivity contribution in [2.24, 2.45) is 0 Å². The first kappa shape index (κ1) is 16.2. The quantitative estimate of drug-likeness (QED) is 0.684. The number of thiocarbonyl (C=S) groups is 1. The number of rotatable bonds is 2. The van der Waals surface area contributed by atoms with Gasteiger partial charge in [-0.15, -0.1) is 10.2 Å². The number of hydrogen-bond donors (Lipinski definition) is 1. The summed E-state index contributed by atoms with van der Waals surface area (Å²) in [5.74, 6) is 0.418. The van der Waals surface area contributed by atoms with Crippen LogP contribution >= 0.6 is 23.8 Å². The van der Waals surface area contributed by atoms with Crippen LogP contribution in [0.15, 0.2) is 42.6 Å². The van der Waals surface area contributed by atoms with Gasteiger partial charge in [0.25, 0.3) is 0 Å². The Morgan fingerprint density at radius 3 is 3.00 bits per heavy atom. The summed E-state index contributed by atoms with van der Waals surface area (Å²) in [6.07, 6.45) is 3.91. The van der Waals surface area contributed by atoms with Gasteiger partial charge in [-0.1, -0.05) is 17.7 Å². The summed E-state index contributed by atoms with van der Waals surface area (Å²) in [7, 11) is 0. The molecule has 3 heterocycles. The van der Waals surface area contributed by atoms with E-state index >= 15 is 0 Å². The molecule has 0 spiro atoms. The predicted octanol–water partition coefficient (Wildman–Crippen LogP) is 4.06. The lowest BCUT2D eigenvalue weighted by atomic mass is 10.2. The number of likely N-dealkylation sites (tertiary alicyclic amines) is 1. The van der Waals surface area contributed by atoms with Gasteiger partial charge >= 0.3 is 0 Å². The third-order valence-corrected chi connectivity index (χ3v) is 4.95. The molecule has 1 aliphatic heterocycles. The van der Waals surface area contributed by atoms with E-state index in [4.69, 9.17) is 23.8 Å². The van der Waals surface area contributed by atoms with Crippen LogP contribution in [0, 0.1) is 5.82 Å². The van der Waals surface area contributed by atoms with Gasteiger partial charge in [0.2, 0.25) is 0 Å². The van der Waals surface area contributed by atoms with Crippen LogP contribution in [0.2, 0.25) is 5.02 Å². The van der Waals surface area contributed by atoms with Crippen LogP contribution in [0.1, 0.15) is 24.7 Å². The van der Waals surface area contributed by atoms with Crippen molar-refractivity contribution in [3.05, 3.63) is 59.3 Å². The monoisotopic (exact) mass is 375 g/mol. The van der Waals surface area contributed by atoms with E-state index in [-0.39, 0.29) is 11.1 Å². The van der Waals surface area contributed by atoms with Crippen molar-refractivity contribution in [3.8, 4) is 0 Å². The molecule has 0 amide bonds. The zero-order chi connectivity index (χ0) is 17.4. The molecule has 0 saturated carbocycles. The topological polar surface area (TPSA) is 45.5 Å². The van der Waals surface area contributed by atoms with Gasteiger partial charge in [-0.05, 0) is 55.4 Å². The molecule has 0 radical (unpaired) electrons. The molecular weight excluding hydrogens is 361 g/mol. The van der Waals surface area contributed by atoms with Crippen LogP contribution < -0.4 is 5.32 Å². The largest absolute Gasteiger partial charge is 0.339 e. The van der Waals surface area contributed by atoms with E-state index in [1.54, 1.807) is 6.07 Å². The van der Waals surface area contributed by atoms with Crippen molar-refractivity contribution in [2.75, 3.05) is 11.9 Å². The molecule has 3 aromatic rings. The molecule has 0 bridgehead atoms. The summed E-state index contributed by atoms with van der Waals surface area (Å²) in [5, 5.41) is 12.4. The Kier molecular flexibility index (Phi) is 4.27. The minimum absolute atomic E-state index is 0.0494. The molecule has 1 atom stereocenters. The second-order valence-corrected chi connectivity index (χ2v) is 6.69. The second kappa shape index (κ2) is 6.57. The number of halogens is 2. The molecule has 0 unspecified atom stereocenters. The maximum Gasteiger partial charge on any atom is 0.174 e. The first-order valence-corrected chi connectivity index (χ1v) is 8.74. The van der Waals surface area contributed by atoms with Gasteiger partial charge in [0.1, 0.15) is 5.82 Å². The predicted molar refractivity (Wildman–Crippen MR) is 99.3 cm³/mol. The van der Waals surface area contributed by atoms with Gasteiger partial charge in [-0.25, -0.2) is 4.39 Å². The van der Waals surface area contributed by atoms with E-state index < -0.39 is 5.82 Å². The number of pyridine rings is 1. The highest BCUT2D eigenvalue weighted by molar-refractivity contribution is 7.80. The standard InChI is InChI=1S/C17H15ClFN5S/c18-12-10-11(6-7-13(12)19)20-17(25)23-9-3-4-14(23)16-22-21-15-5-1-2-8-24(15)16/h1-2,5-8,10,14H,3-4,9H2,(H,20,25)/t14-/m1/s1. The van der Waals surface area contributed by atoms with E-state index in [0.717, 1.165) is 30.9 Å². The minimum atomic E-state index is -0.452. The first-order valence-electron chi connectivity index (χ1n) is 7.96. The zero-order valence-corrected chi connectivity index (χ0v) is 14.8. The molecule has 4 rings (SSSR count). The Bertz CT molecular complexity index is 944. The lowest BCUT2D eigenvalue weighted by Gasteiger charge is -2.26. The molecular formula is C17H15ClFN5S. The molecule has 1 fully saturated rings. The summed E-state index contributed by atoms with van der Waals surface area (Å²) < 4.78 is 15.3. The highest BCUT2D eigenvalue weighted by Gasteiger charge is 2.31. The molecule has 0 aliphatic carbocycles. The Hall–Kier alpha value is -2.25. The van der Waals surface area contributed by atoms with Gasteiger partial charge in [-0.3, -0.25) is 4.40 Å². The maximum absolute atomic E-state index is 13.3. The van der Waals surface area contributed by atoms with Crippen molar-refractivity contribution in [3.63, 3.8) is 0 Å². The molecule has 1 N–H and O–H groups in total. The number of hydrogen-bond acceptors (Lipinski definition) is 3. The lowest BCUT2D eigenvalue weighted by molar-refractivity contribution is 0.387. The van der Waals surface area contributed by atoms with Crippen LogP contribution in [-0.4, -0.2) is 31.2 Å². The third kappa shape index (κ3) is 3.05. The van der Waals surface area contributed by atoms with Crippen LogP contribution in [0.4, 0.5) is 10.1 Å². The van der Waals surface area contributed by atoms with Crippen molar-refractivity contribution in [1.82, 2.24) is 19.5 Å². The number of nitrogens with one attached hydrogen (secondary N) is 1. The second-order valence-electron chi connectivity index (χ2n) is 5.90. The Balaban J connectivity index is 1.58. The highest BCUT2D eigenvalue weighted by atomic mass is 35.5. The molecule has 5 nitrogen and oxygen atoms in total. The first-order chi connectivity index (χ1) is 12.1. The minimum Gasteiger partial charge on any atom is -0.339 e. The molecule has 128 valence electrons. The maximum atomic E-state index is 13.3. The van der Waals surface area contributed by atoms with E-state index in [9.17, 15) is 4.39 Å². The highest BCUT2D eigenvalue weighted by Crippen LogP contribution is 2.32. The van der Waals surface area contributed by atoms with E-state index in [2.05, 4.69) is 20.4 Å². The van der Waals surface area contributed by atoms with E-state index in [1.165, 1.54) is 12.1 Å². The fraction of sp³-hybridized carbons (Fsp3) is 0.235. The summed E-state index contributed by atoms with van der Waals surface area (Å²) >= 11 is 11.4. The number of aromatic nitrogens is 3. The van der Waals surface area contributed by atoms with Gasteiger partial charge in [0.05, 0.1) is 11.1 Å². The lowest BCUT2D eigenvalue weighted by Crippen LogP contribution is -2.35. The smallest absolute Gasteiger partial charge is 0.174 e. The van der Waals surface area contributed by atoms with Crippen molar-refractivity contribution in [1.29, 1.82) is 0 Å². The zero-order valence-electron chi connectivity index (χ0n) is 13.2. The fourth-order valence-corrected chi connectivity index (χ4v) is 3.65. The normalized spacial score (nSPS) is 17.2. The van der Waals surface area contributed by atoms with Gasteiger partial charge in [-0.2, -0.15) is 0 Å². The van der Waals surface area contributed by atoms with Crippen LogP contribution in [0.3, 0.4) is 0 Å². The SMILES string of the molecule is Fc1ccc(NC(=S)N2CCC[C@@H]2c2nnc3ccccn23)cc1Cl. The average molecular weight is 376 g/mol. The molecule has 2 aromatic heterocycles. The van der Waals surface area contributed by atoms with E-state index in [0.29, 0.717) is 10.8 Å². The molecule has 1 saturated heterocycles. The van der Waals surface area contributed by atoms with Crippen molar-refractivity contribution in [2.45, 2.75) is 18.9 Å². The molecule has 1 aromatic carbocycles. The van der Waals surface area contributed by atoms with Crippen molar-refractivity contribution < 1.29 is 4.39 Å². The van der Waals surface area contributed by atoms with Crippen molar-refractivity contribution >= 4 is 40.3 Å². The van der Waals surface area contributed by atoms with Crippen LogP contribution in [0.25, 0.3) is 5.65 Å². The average Bonchev–Trinajstić information content (AvgIpc) is 3.24. The Labute approximate surface area is 154 Å². The Morgan fingerprint density at radius 1 is 1.28 bits per heavy atom. The van der Waals surface area contributed by atoms with Crippen LogP contribution in [-0.2, 0) is 0 Å². The Morgan fingerprint density at radius 2 is 2.16 bits per heavy atom. The third-order valence-electron chi connectivity index (χ3n) is 4.32. The number of benzene rings is 1. The number of anilines is 1. The number of fused-ring (bicyclic) bond motifs is 1. The summed E-state index contributed by atoms with van der Waals surface area (Å²) in [4.78, 5) is 2.09. The van der Waals surface area contributed by atoms with Gasteiger partial charge in [0.15, 0.2) is 16.6 Å². The van der Waals surface area contributed by atoms with E-state index in [1.807, 2.05) is 28.8 Å². The molecule has 1 aliphatic rings. The molecule has 8 heteroatoms. The molecule has 25 heavy (non-hydrogen) atoms. The fourth-order valence-electron chi connectivity index (χ4n) is 3.13. The number of nitrogens with zero attached hydrogens (tertiary/aromatic N) is 4. The summed E-state index contributed by atoms with van der Waals surface area (Å²) in [5.41, 5.74) is 1.47. The van der Waals surface area contributed by atoms with Gasteiger partial charge < -0.3 is 10.2 Å².